The van der Waals surface area contributed by atoms with Crippen LogP contribution in [0, 0.1) is 6.92 Å². The molecule has 4 rings (SSSR count). The van der Waals surface area contributed by atoms with E-state index in [0.29, 0.717) is 23.7 Å². The molecule has 2 aromatic carbocycles. The zero-order chi connectivity index (χ0) is 25.0. The van der Waals surface area contributed by atoms with E-state index in [1.54, 1.807) is 53.4 Å². The van der Waals surface area contributed by atoms with Gasteiger partial charge in [-0.15, -0.1) is 0 Å². The Morgan fingerprint density at radius 1 is 1.00 bits per heavy atom. The number of benzene rings is 2. The van der Waals surface area contributed by atoms with Crippen LogP contribution in [0.2, 0.25) is 5.02 Å². The van der Waals surface area contributed by atoms with Gasteiger partial charge in [0.15, 0.2) is 0 Å². The molecule has 1 aliphatic heterocycles. The third kappa shape index (κ3) is 6.05. The molecule has 2 amide bonds. The maximum atomic E-state index is 13.7. The van der Waals surface area contributed by atoms with Gasteiger partial charge in [-0.1, -0.05) is 60.7 Å². The van der Waals surface area contributed by atoms with Gasteiger partial charge in [0.2, 0.25) is 21.8 Å². The van der Waals surface area contributed by atoms with E-state index in [-0.39, 0.29) is 35.7 Å². The van der Waals surface area contributed by atoms with Crippen molar-refractivity contribution < 1.29 is 18.0 Å². The van der Waals surface area contributed by atoms with Crippen molar-refractivity contribution >= 4 is 33.4 Å². The van der Waals surface area contributed by atoms with Crippen LogP contribution in [0.15, 0.2) is 53.4 Å². The van der Waals surface area contributed by atoms with Crippen molar-refractivity contribution in [3.05, 3.63) is 64.7 Å². The van der Waals surface area contributed by atoms with Crippen LogP contribution in [0.1, 0.15) is 55.7 Å². The summed E-state index contributed by atoms with van der Waals surface area (Å²) in [5.74, 6) is -0.327. The van der Waals surface area contributed by atoms with Crippen molar-refractivity contribution in [3.63, 3.8) is 0 Å². The first-order valence-electron chi connectivity index (χ1n) is 12.2. The maximum Gasteiger partial charge on any atom is 0.250 e. The first-order chi connectivity index (χ1) is 16.8. The molecular weight excluding hydrogens is 486 g/mol. The Morgan fingerprint density at radius 3 is 2.31 bits per heavy atom. The van der Waals surface area contributed by atoms with E-state index in [2.05, 4.69) is 4.72 Å². The number of halogens is 1. The van der Waals surface area contributed by atoms with E-state index in [1.807, 2.05) is 11.8 Å². The lowest BCUT2D eigenvalue weighted by molar-refractivity contribution is -0.154. The second-order valence-corrected chi connectivity index (χ2v) is 11.5. The van der Waals surface area contributed by atoms with Gasteiger partial charge in [0.25, 0.3) is 0 Å². The van der Waals surface area contributed by atoms with Crippen LogP contribution in [0.4, 0.5) is 0 Å². The summed E-state index contributed by atoms with van der Waals surface area (Å²) >= 11 is 6.07. The summed E-state index contributed by atoms with van der Waals surface area (Å²) < 4.78 is 27.7. The zero-order valence-electron chi connectivity index (χ0n) is 20.0. The number of nitrogens with zero attached hydrogens (tertiary/aromatic N) is 2. The van der Waals surface area contributed by atoms with Gasteiger partial charge in [-0.3, -0.25) is 9.59 Å². The number of hydrogen-bond acceptors (Lipinski definition) is 4. The van der Waals surface area contributed by atoms with Crippen LogP contribution in [-0.4, -0.2) is 55.7 Å². The molecule has 0 spiro atoms. The lowest BCUT2D eigenvalue weighted by Gasteiger charge is -2.45. The highest BCUT2D eigenvalue weighted by Crippen LogP contribution is 2.32. The van der Waals surface area contributed by atoms with Crippen molar-refractivity contribution in [2.75, 3.05) is 19.6 Å². The second kappa shape index (κ2) is 11.1. The second-order valence-electron chi connectivity index (χ2n) is 9.33. The summed E-state index contributed by atoms with van der Waals surface area (Å²) in [5, 5.41) is 0.560. The number of rotatable bonds is 7. The number of carbonyl (C=O) groups excluding carboxylic acids is 2. The quantitative estimate of drug-likeness (QED) is 0.600. The smallest absolute Gasteiger partial charge is 0.250 e. The Hall–Kier alpha value is -2.42. The fraction of sp³-hybridized carbons (Fsp3) is 0.462. The van der Waals surface area contributed by atoms with Crippen molar-refractivity contribution in [1.82, 2.24) is 14.5 Å². The van der Waals surface area contributed by atoms with Crippen molar-refractivity contribution in [3.8, 4) is 0 Å². The van der Waals surface area contributed by atoms with Crippen molar-refractivity contribution in [2.24, 2.45) is 0 Å². The lowest BCUT2D eigenvalue weighted by Crippen LogP contribution is -2.57. The first kappa shape index (κ1) is 25.7. The van der Waals surface area contributed by atoms with Crippen LogP contribution in [-0.2, 0) is 19.6 Å². The summed E-state index contributed by atoms with van der Waals surface area (Å²) in [6.45, 7) is 2.75. The highest BCUT2D eigenvalue weighted by molar-refractivity contribution is 7.89. The third-order valence-electron chi connectivity index (χ3n) is 6.89. The van der Waals surface area contributed by atoms with E-state index in [9.17, 15) is 18.0 Å². The zero-order valence-corrected chi connectivity index (χ0v) is 21.5. The molecule has 1 saturated carbocycles. The Bertz CT molecular complexity index is 1150. The molecule has 188 valence electrons. The molecule has 0 aromatic heterocycles. The van der Waals surface area contributed by atoms with Crippen LogP contribution in [0.3, 0.4) is 0 Å². The van der Waals surface area contributed by atoms with E-state index < -0.39 is 16.1 Å². The molecule has 1 atom stereocenters. The molecule has 7 nitrogen and oxygen atoms in total. The number of sulfonamides is 1. The standard InChI is InChI=1S/C26H32ClN3O4S/c1-19-7-13-23(14-8-19)35(33,34)28-16-15-24(31)30-18-17-29(22-5-3-2-4-6-22)26(32)25(30)20-9-11-21(27)12-10-20/h7-14,22,25,28H,2-6,15-18H2,1H3. The summed E-state index contributed by atoms with van der Waals surface area (Å²) in [4.78, 5) is 30.6. The molecule has 1 aliphatic carbocycles. The molecule has 2 aliphatic rings. The molecule has 1 N–H and O–H groups in total. The largest absolute Gasteiger partial charge is 0.336 e. The van der Waals surface area contributed by atoms with Crippen LogP contribution >= 0.6 is 11.6 Å². The molecule has 0 bridgehead atoms. The normalized spacial score (nSPS) is 19.7. The fourth-order valence-electron chi connectivity index (χ4n) is 4.97. The number of aryl methyl sites for hydroxylation is 1. The van der Waals surface area contributed by atoms with Gasteiger partial charge >= 0.3 is 0 Å². The highest BCUT2D eigenvalue weighted by atomic mass is 35.5. The van der Waals surface area contributed by atoms with Gasteiger partial charge in [-0.25, -0.2) is 13.1 Å². The van der Waals surface area contributed by atoms with Gasteiger partial charge in [0, 0.05) is 37.1 Å². The van der Waals surface area contributed by atoms with Gasteiger partial charge in [0.05, 0.1) is 4.90 Å². The molecule has 1 unspecified atom stereocenters. The minimum atomic E-state index is -3.72. The van der Waals surface area contributed by atoms with E-state index in [1.165, 1.54) is 6.42 Å². The molecule has 0 radical (unpaired) electrons. The Kier molecular flexibility index (Phi) is 8.14. The lowest BCUT2D eigenvalue weighted by atomic mass is 9.91. The molecule has 9 heteroatoms. The van der Waals surface area contributed by atoms with Crippen molar-refractivity contribution in [2.45, 2.75) is 62.4 Å². The summed E-state index contributed by atoms with van der Waals surface area (Å²) in [6, 6.07) is 13.0. The molecule has 1 saturated heterocycles. The Morgan fingerprint density at radius 2 is 1.66 bits per heavy atom. The number of amides is 2. The van der Waals surface area contributed by atoms with Crippen LogP contribution in [0.5, 0.6) is 0 Å². The third-order valence-corrected chi connectivity index (χ3v) is 8.62. The average Bonchev–Trinajstić information content (AvgIpc) is 2.85. The monoisotopic (exact) mass is 517 g/mol. The molecular formula is C26H32ClN3O4S. The fourth-order valence-corrected chi connectivity index (χ4v) is 6.13. The minimum absolute atomic E-state index is 0.0358. The van der Waals surface area contributed by atoms with Gasteiger partial charge in [-0.05, 0) is 49.6 Å². The number of nitrogens with one attached hydrogen (secondary N) is 1. The van der Waals surface area contributed by atoms with Gasteiger partial charge in [-0.2, -0.15) is 0 Å². The van der Waals surface area contributed by atoms with E-state index >= 15 is 0 Å². The summed E-state index contributed by atoms with van der Waals surface area (Å²) in [7, 11) is -3.72. The number of carbonyl (C=O) groups is 2. The van der Waals surface area contributed by atoms with Crippen molar-refractivity contribution in [1.29, 1.82) is 0 Å². The maximum absolute atomic E-state index is 13.7. The molecule has 35 heavy (non-hydrogen) atoms. The number of hydrogen-bond donors (Lipinski definition) is 1. The van der Waals surface area contributed by atoms with Gasteiger partial charge in [0.1, 0.15) is 6.04 Å². The Labute approximate surface area is 212 Å². The van der Waals surface area contributed by atoms with E-state index in [0.717, 1.165) is 31.2 Å². The van der Waals surface area contributed by atoms with Crippen LogP contribution < -0.4 is 4.72 Å². The van der Waals surface area contributed by atoms with E-state index in [4.69, 9.17) is 11.6 Å². The molecule has 2 fully saturated rings. The Balaban J connectivity index is 1.47. The van der Waals surface area contributed by atoms with Crippen LogP contribution in [0.25, 0.3) is 0 Å². The first-order valence-corrected chi connectivity index (χ1v) is 14.0. The highest BCUT2D eigenvalue weighted by Gasteiger charge is 2.40. The minimum Gasteiger partial charge on any atom is -0.336 e. The number of piperazine rings is 1. The molecule has 2 aromatic rings. The topological polar surface area (TPSA) is 86.8 Å². The summed E-state index contributed by atoms with van der Waals surface area (Å²) in [6.07, 6.45) is 5.38. The van der Waals surface area contributed by atoms with Gasteiger partial charge < -0.3 is 9.80 Å². The molecule has 1 heterocycles. The SMILES string of the molecule is Cc1ccc(S(=O)(=O)NCCC(=O)N2CCN(C3CCCCC3)C(=O)C2c2ccc(Cl)cc2)cc1. The average molecular weight is 518 g/mol. The predicted molar refractivity (Wildman–Crippen MR) is 135 cm³/mol. The predicted octanol–water partition coefficient (Wildman–Crippen LogP) is 4.06. The summed E-state index contributed by atoms with van der Waals surface area (Å²) in [5.41, 5.74) is 1.68.